The van der Waals surface area contributed by atoms with Crippen molar-refractivity contribution in [1.29, 1.82) is 0 Å². The van der Waals surface area contributed by atoms with Crippen LogP contribution in [0.5, 0.6) is 0 Å². The van der Waals surface area contributed by atoms with Crippen molar-refractivity contribution >= 4 is 10.9 Å². The molecule has 136 valence electrons. The average molecular weight is 368 g/mol. The van der Waals surface area contributed by atoms with Gasteiger partial charge < -0.3 is 0 Å². The van der Waals surface area contributed by atoms with E-state index in [1.807, 2.05) is 0 Å². The minimum Gasteiger partial charge on any atom is -0.293 e. The third-order valence-corrected chi connectivity index (χ3v) is 4.54. The molecule has 2 aromatic carbocycles. The minimum atomic E-state index is -0.635. The molecule has 0 radical (unpaired) electrons. The summed E-state index contributed by atoms with van der Waals surface area (Å²) < 4.78 is 28.5. The zero-order chi connectivity index (χ0) is 19.1. The van der Waals surface area contributed by atoms with E-state index in [1.165, 1.54) is 41.2 Å². The fourth-order valence-electron chi connectivity index (χ4n) is 3.10. The number of rotatable bonds is 3. The molecule has 27 heavy (non-hydrogen) atoms. The summed E-state index contributed by atoms with van der Waals surface area (Å²) in [5.74, 6) is -0.913. The maximum atomic E-state index is 14.0. The second kappa shape index (κ2) is 6.31. The van der Waals surface area contributed by atoms with E-state index in [-0.39, 0.29) is 11.4 Å². The van der Waals surface area contributed by atoms with Gasteiger partial charge in [-0.2, -0.15) is 5.10 Å². The number of aromatic nitrogens is 4. The molecule has 0 spiro atoms. The van der Waals surface area contributed by atoms with E-state index < -0.39 is 23.1 Å². The van der Waals surface area contributed by atoms with Crippen LogP contribution in [0.3, 0.4) is 0 Å². The molecule has 4 rings (SSSR count). The van der Waals surface area contributed by atoms with Gasteiger partial charge in [-0.1, -0.05) is 12.1 Å². The topological polar surface area (TPSA) is 83.5 Å². The van der Waals surface area contributed by atoms with Crippen LogP contribution in [0.2, 0.25) is 0 Å². The minimum absolute atomic E-state index is 0.123. The molecular weight excluding hydrogens is 354 g/mol. The lowest BCUT2D eigenvalue weighted by molar-refractivity contribution is 0.589. The SMILES string of the molecule is C[C@@H](c1ccc(F)cc1)n1cc(-c2cc(F)cc3cn[nH]c23)c(=O)[nH]c1=O. The Bertz CT molecular complexity index is 1260. The van der Waals surface area contributed by atoms with Crippen LogP contribution < -0.4 is 11.2 Å². The molecular formula is C19H14F2N4O2. The zero-order valence-corrected chi connectivity index (χ0v) is 14.2. The predicted molar refractivity (Wildman–Crippen MR) is 96.6 cm³/mol. The molecule has 0 aliphatic heterocycles. The van der Waals surface area contributed by atoms with Crippen molar-refractivity contribution in [3.05, 3.63) is 86.8 Å². The monoisotopic (exact) mass is 368 g/mol. The summed E-state index contributed by atoms with van der Waals surface area (Å²) in [5.41, 5.74) is 0.340. The fourth-order valence-corrected chi connectivity index (χ4v) is 3.10. The largest absolute Gasteiger partial charge is 0.328 e. The number of benzene rings is 2. The Balaban J connectivity index is 1.91. The maximum absolute atomic E-state index is 14.0. The molecule has 0 saturated heterocycles. The Morgan fingerprint density at radius 3 is 2.52 bits per heavy atom. The van der Waals surface area contributed by atoms with Crippen LogP contribution in [-0.2, 0) is 0 Å². The number of fused-ring (bicyclic) bond motifs is 1. The van der Waals surface area contributed by atoms with Gasteiger partial charge in [0.1, 0.15) is 11.6 Å². The van der Waals surface area contributed by atoms with Crippen molar-refractivity contribution < 1.29 is 8.78 Å². The third-order valence-electron chi connectivity index (χ3n) is 4.54. The number of aromatic amines is 2. The molecule has 0 aliphatic carbocycles. The van der Waals surface area contributed by atoms with Gasteiger partial charge in [-0.15, -0.1) is 0 Å². The van der Waals surface area contributed by atoms with Crippen molar-refractivity contribution in [1.82, 2.24) is 19.7 Å². The molecule has 2 N–H and O–H groups in total. The second-order valence-electron chi connectivity index (χ2n) is 6.22. The van der Waals surface area contributed by atoms with Crippen LogP contribution in [0, 0.1) is 11.6 Å². The normalized spacial score (nSPS) is 12.4. The Morgan fingerprint density at radius 1 is 1.04 bits per heavy atom. The van der Waals surface area contributed by atoms with Crippen LogP contribution in [-0.4, -0.2) is 19.7 Å². The number of nitrogens with zero attached hydrogens (tertiary/aromatic N) is 2. The highest BCUT2D eigenvalue weighted by Crippen LogP contribution is 2.26. The van der Waals surface area contributed by atoms with Gasteiger partial charge in [0.2, 0.25) is 0 Å². The van der Waals surface area contributed by atoms with Gasteiger partial charge in [-0.25, -0.2) is 13.6 Å². The lowest BCUT2D eigenvalue weighted by Gasteiger charge is -2.16. The first kappa shape index (κ1) is 16.9. The molecule has 0 bridgehead atoms. The summed E-state index contributed by atoms with van der Waals surface area (Å²) in [6.07, 6.45) is 2.83. The second-order valence-corrected chi connectivity index (χ2v) is 6.22. The number of nitrogens with one attached hydrogen (secondary N) is 2. The highest BCUT2D eigenvalue weighted by atomic mass is 19.1. The number of hydrogen-bond acceptors (Lipinski definition) is 3. The van der Waals surface area contributed by atoms with Crippen LogP contribution in [0.4, 0.5) is 8.78 Å². The number of halogens is 2. The summed E-state index contributed by atoms with van der Waals surface area (Å²) in [6.45, 7) is 1.74. The van der Waals surface area contributed by atoms with Gasteiger partial charge in [-0.3, -0.25) is 19.4 Å². The van der Waals surface area contributed by atoms with Gasteiger partial charge >= 0.3 is 5.69 Å². The predicted octanol–water partition coefficient (Wildman–Crippen LogP) is 2.97. The smallest absolute Gasteiger partial charge is 0.293 e. The molecule has 0 fully saturated rings. The molecule has 6 nitrogen and oxygen atoms in total. The standard InChI is InChI=1S/C19H14F2N4O2/c1-10(11-2-4-13(20)5-3-11)25-9-16(18(26)23-19(25)27)15-7-14(21)6-12-8-22-24-17(12)15/h2-10H,1H3,(H,22,24)(H,23,26,27)/t10-/m0/s1. The van der Waals surface area contributed by atoms with Crippen LogP contribution in [0.1, 0.15) is 18.5 Å². The summed E-state index contributed by atoms with van der Waals surface area (Å²) in [6, 6.07) is 7.75. The van der Waals surface area contributed by atoms with E-state index in [4.69, 9.17) is 0 Å². The number of H-pyrrole nitrogens is 2. The fraction of sp³-hybridized carbons (Fsp3) is 0.105. The summed E-state index contributed by atoms with van der Waals surface area (Å²) in [7, 11) is 0. The lowest BCUT2D eigenvalue weighted by Crippen LogP contribution is -2.32. The van der Waals surface area contributed by atoms with Crippen LogP contribution >= 0.6 is 0 Å². The molecule has 2 heterocycles. The molecule has 0 amide bonds. The molecule has 2 aromatic heterocycles. The maximum Gasteiger partial charge on any atom is 0.328 e. The zero-order valence-electron chi connectivity index (χ0n) is 14.2. The van der Waals surface area contributed by atoms with Crippen molar-refractivity contribution in [3.63, 3.8) is 0 Å². The Labute approximate surface area is 151 Å². The Kier molecular flexibility index (Phi) is 3.95. The Morgan fingerprint density at radius 2 is 1.78 bits per heavy atom. The van der Waals surface area contributed by atoms with E-state index in [0.717, 1.165) is 0 Å². The molecule has 0 saturated carbocycles. The molecule has 0 unspecified atom stereocenters. The highest BCUT2D eigenvalue weighted by Gasteiger charge is 2.16. The van der Waals surface area contributed by atoms with Crippen LogP contribution in [0.15, 0.2) is 58.4 Å². The molecule has 1 atom stereocenters. The van der Waals surface area contributed by atoms with Crippen molar-refractivity contribution in [2.75, 3.05) is 0 Å². The third kappa shape index (κ3) is 2.95. The van der Waals surface area contributed by atoms with E-state index in [1.54, 1.807) is 19.1 Å². The average Bonchev–Trinajstić information content (AvgIpc) is 3.10. The van der Waals surface area contributed by atoms with Crippen molar-refractivity contribution in [2.45, 2.75) is 13.0 Å². The summed E-state index contributed by atoms with van der Waals surface area (Å²) in [4.78, 5) is 27.0. The lowest BCUT2D eigenvalue weighted by atomic mass is 10.0. The molecule has 8 heteroatoms. The first-order valence-corrected chi connectivity index (χ1v) is 8.18. The quantitative estimate of drug-likeness (QED) is 0.583. The first-order chi connectivity index (χ1) is 12.9. The highest BCUT2D eigenvalue weighted by molar-refractivity contribution is 5.93. The molecule has 4 aromatic rings. The summed E-state index contributed by atoms with van der Waals surface area (Å²) >= 11 is 0. The molecule has 0 aliphatic rings. The Hall–Kier alpha value is -3.55. The van der Waals surface area contributed by atoms with E-state index in [9.17, 15) is 18.4 Å². The first-order valence-electron chi connectivity index (χ1n) is 8.18. The number of hydrogen-bond donors (Lipinski definition) is 2. The van der Waals surface area contributed by atoms with Gasteiger partial charge in [0, 0.05) is 17.1 Å². The van der Waals surface area contributed by atoms with E-state index in [0.29, 0.717) is 22.0 Å². The van der Waals surface area contributed by atoms with Gasteiger partial charge in [0.25, 0.3) is 5.56 Å². The van der Waals surface area contributed by atoms with E-state index >= 15 is 0 Å². The van der Waals surface area contributed by atoms with E-state index in [2.05, 4.69) is 15.2 Å². The van der Waals surface area contributed by atoms with Crippen molar-refractivity contribution in [3.8, 4) is 11.1 Å². The van der Waals surface area contributed by atoms with Crippen LogP contribution in [0.25, 0.3) is 22.0 Å². The summed E-state index contributed by atoms with van der Waals surface area (Å²) in [5, 5.41) is 7.13. The van der Waals surface area contributed by atoms with Gasteiger partial charge in [-0.05, 0) is 36.8 Å². The van der Waals surface area contributed by atoms with Gasteiger partial charge in [0.05, 0.1) is 23.3 Å². The van der Waals surface area contributed by atoms with Crippen molar-refractivity contribution in [2.24, 2.45) is 0 Å². The van der Waals surface area contributed by atoms with Gasteiger partial charge in [0.15, 0.2) is 0 Å².